The molecule has 0 saturated carbocycles. The molecule has 12 heavy (non-hydrogen) atoms. The third kappa shape index (κ3) is 1.62. The van der Waals surface area contributed by atoms with Gasteiger partial charge in [-0.25, -0.2) is 0 Å². The van der Waals surface area contributed by atoms with Crippen LogP contribution in [-0.4, -0.2) is 35.8 Å². The highest BCUT2D eigenvalue weighted by molar-refractivity contribution is 6.02. The topological polar surface area (TPSA) is 114 Å². The highest BCUT2D eigenvalue weighted by Crippen LogP contribution is 1.92. The molecule has 7 heteroatoms. The number of carbonyl (C=O) groups excluding carboxylic acids is 2. The average Bonchev–Trinajstić information content (AvgIpc) is 2.01. The number of nitrogens with zero attached hydrogens (tertiary/aromatic N) is 2. The second-order valence-electron chi connectivity index (χ2n) is 2.31. The van der Waals surface area contributed by atoms with Crippen molar-refractivity contribution in [3.8, 4) is 0 Å². The molecule has 0 spiro atoms. The van der Waals surface area contributed by atoms with Crippen LogP contribution in [0.1, 0.15) is 0 Å². The van der Waals surface area contributed by atoms with Crippen LogP contribution in [0.25, 0.3) is 0 Å². The van der Waals surface area contributed by atoms with Crippen LogP contribution in [0.3, 0.4) is 0 Å². The number of carbonyl (C=O) groups is 2. The van der Waals surface area contributed by atoms with Gasteiger partial charge < -0.3 is 16.5 Å². The summed E-state index contributed by atoms with van der Waals surface area (Å²) >= 11 is 0. The molecule has 2 amide bonds. The molecular weight excluding hydrogens is 162 g/mol. The van der Waals surface area contributed by atoms with Crippen molar-refractivity contribution < 1.29 is 9.59 Å². The summed E-state index contributed by atoms with van der Waals surface area (Å²) in [7, 11) is 0. The quantitative estimate of drug-likeness (QED) is 0.119. The number of imide groups is 1. The van der Waals surface area contributed by atoms with E-state index >= 15 is 0 Å². The van der Waals surface area contributed by atoms with Crippen molar-refractivity contribution in [2.24, 2.45) is 16.7 Å². The van der Waals surface area contributed by atoms with Gasteiger partial charge in [-0.05, 0) is 0 Å². The van der Waals surface area contributed by atoms with Crippen LogP contribution in [0.5, 0.6) is 0 Å². The molecule has 0 bridgehead atoms. The van der Waals surface area contributed by atoms with Crippen LogP contribution >= 0.6 is 0 Å². The molecule has 0 unspecified atom stereocenters. The lowest BCUT2D eigenvalue weighted by molar-refractivity contribution is -0.134. The maximum absolute atomic E-state index is 10.8. The number of nitrogens with one attached hydrogen (secondary N) is 1. The first-order chi connectivity index (χ1) is 5.63. The van der Waals surface area contributed by atoms with Crippen molar-refractivity contribution in [3.05, 3.63) is 0 Å². The minimum Gasteiger partial charge on any atom is -0.368 e. The Balaban J connectivity index is 2.67. The molecule has 0 aromatic carbocycles. The molecule has 0 aromatic rings. The Hall–Kier alpha value is -1.79. The number of hydrogen-bond acceptors (Lipinski definition) is 4. The van der Waals surface area contributed by atoms with Crippen LogP contribution in [0.2, 0.25) is 0 Å². The van der Waals surface area contributed by atoms with Crippen LogP contribution in [-0.2, 0) is 9.59 Å². The lowest BCUT2D eigenvalue weighted by Crippen LogP contribution is -2.55. The molecule has 0 atom stereocenters. The van der Waals surface area contributed by atoms with Crippen molar-refractivity contribution in [3.63, 3.8) is 0 Å². The van der Waals surface area contributed by atoms with E-state index in [2.05, 4.69) is 10.4 Å². The van der Waals surface area contributed by atoms with Gasteiger partial charge in [0.1, 0.15) is 13.1 Å². The van der Waals surface area contributed by atoms with Crippen molar-refractivity contribution in [2.75, 3.05) is 13.1 Å². The van der Waals surface area contributed by atoms with Gasteiger partial charge in [0.05, 0.1) is 0 Å². The van der Waals surface area contributed by atoms with Gasteiger partial charge >= 0.3 is 0 Å². The van der Waals surface area contributed by atoms with E-state index in [1.54, 1.807) is 0 Å². The molecule has 1 saturated heterocycles. The standard InChI is InChI=1S/C5H9N5O2/c6-5(9-7)10-1-3(11)8-4(12)2-10/h1-2,7H2,(H2,6,9)(H,8,11,12). The van der Waals surface area contributed by atoms with Gasteiger partial charge in [-0.15, -0.1) is 5.10 Å². The summed E-state index contributed by atoms with van der Waals surface area (Å²) in [6.07, 6.45) is 0. The maximum atomic E-state index is 10.8. The predicted molar refractivity (Wildman–Crippen MR) is 40.5 cm³/mol. The first kappa shape index (κ1) is 8.31. The van der Waals surface area contributed by atoms with E-state index in [0.717, 1.165) is 0 Å². The fourth-order valence-corrected chi connectivity index (χ4v) is 0.881. The molecule has 0 aliphatic carbocycles. The zero-order valence-electron chi connectivity index (χ0n) is 6.28. The number of nitrogens with two attached hydrogens (primary N) is 2. The summed E-state index contributed by atoms with van der Waals surface area (Å²) in [6.45, 7) is 0.0244. The highest BCUT2D eigenvalue weighted by Gasteiger charge is 2.23. The van der Waals surface area contributed by atoms with Gasteiger partial charge in [0, 0.05) is 0 Å². The lowest BCUT2D eigenvalue weighted by Gasteiger charge is -2.25. The third-order valence-corrected chi connectivity index (χ3v) is 1.40. The average molecular weight is 171 g/mol. The largest absolute Gasteiger partial charge is 0.368 e. The number of guanidine groups is 1. The maximum Gasteiger partial charge on any atom is 0.246 e. The first-order valence-corrected chi connectivity index (χ1v) is 3.24. The van der Waals surface area contributed by atoms with E-state index in [4.69, 9.17) is 11.6 Å². The van der Waals surface area contributed by atoms with Crippen molar-refractivity contribution >= 4 is 17.8 Å². The number of hydrazone groups is 1. The molecule has 1 aliphatic rings. The molecule has 1 heterocycles. The number of rotatable bonds is 0. The van der Waals surface area contributed by atoms with E-state index in [-0.39, 0.29) is 19.0 Å². The SMILES string of the molecule is NN=C(N)N1CC(=O)NC(=O)C1. The minimum atomic E-state index is -0.405. The van der Waals surface area contributed by atoms with Crippen molar-refractivity contribution in [1.82, 2.24) is 10.2 Å². The van der Waals surface area contributed by atoms with E-state index in [9.17, 15) is 9.59 Å². The molecule has 1 fully saturated rings. The van der Waals surface area contributed by atoms with Crippen molar-refractivity contribution in [2.45, 2.75) is 0 Å². The van der Waals surface area contributed by atoms with Gasteiger partial charge in [-0.2, -0.15) is 0 Å². The van der Waals surface area contributed by atoms with E-state index in [1.165, 1.54) is 4.90 Å². The second-order valence-corrected chi connectivity index (χ2v) is 2.31. The van der Waals surface area contributed by atoms with Gasteiger partial charge in [0.2, 0.25) is 17.8 Å². The smallest absolute Gasteiger partial charge is 0.246 e. The molecule has 66 valence electrons. The second kappa shape index (κ2) is 3.07. The molecule has 0 aromatic heterocycles. The summed E-state index contributed by atoms with van der Waals surface area (Å²) in [4.78, 5) is 22.9. The monoisotopic (exact) mass is 171 g/mol. The molecule has 5 N–H and O–H groups in total. The summed E-state index contributed by atoms with van der Waals surface area (Å²) in [5, 5.41) is 5.29. The van der Waals surface area contributed by atoms with Gasteiger partial charge in [0.15, 0.2) is 0 Å². The Morgan fingerprint density at radius 1 is 1.42 bits per heavy atom. The van der Waals surface area contributed by atoms with Gasteiger partial charge in [-0.1, -0.05) is 0 Å². The predicted octanol–water partition coefficient (Wildman–Crippen LogP) is -2.87. The number of amides is 2. The first-order valence-electron chi connectivity index (χ1n) is 3.24. The zero-order chi connectivity index (χ0) is 9.14. The molecule has 7 nitrogen and oxygen atoms in total. The Morgan fingerprint density at radius 3 is 2.33 bits per heavy atom. The summed E-state index contributed by atoms with van der Waals surface area (Å²) in [5.41, 5.74) is 5.29. The van der Waals surface area contributed by atoms with E-state index < -0.39 is 11.8 Å². The summed E-state index contributed by atoms with van der Waals surface area (Å²) < 4.78 is 0. The molecule has 1 rings (SSSR count). The fraction of sp³-hybridized carbons (Fsp3) is 0.400. The normalized spacial score (nSPS) is 19.3. The summed E-state index contributed by atoms with van der Waals surface area (Å²) in [6, 6.07) is 0. The van der Waals surface area contributed by atoms with Gasteiger partial charge in [-0.3, -0.25) is 14.9 Å². The minimum absolute atomic E-state index is 0.0122. The third-order valence-electron chi connectivity index (χ3n) is 1.40. The van der Waals surface area contributed by atoms with E-state index in [0.29, 0.717) is 0 Å². The highest BCUT2D eigenvalue weighted by atomic mass is 16.2. The molecule has 1 aliphatic heterocycles. The lowest BCUT2D eigenvalue weighted by atomic mass is 10.3. The number of hydrogen-bond donors (Lipinski definition) is 3. The van der Waals surface area contributed by atoms with Gasteiger partial charge in [0.25, 0.3) is 0 Å². The van der Waals surface area contributed by atoms with Crippen LogP contribution in [0.4, 0.5) is 0 Å². The Labute approximate surface area is 68.4 Å². The zero-order valence-corrected chi connectivity index (χ0v) is 6.28. The summed E-state index contributed by atoms with van der Waals surface area (Å²) in [5.74, 6) is 4.05. The van der Waals surface area contributed by atoms with Crippen molar-refractivity contribution in [1.29, 1.82) is 0 Å². The van der Waals surface area contributed by atoms with Crippen LogP contribution < -0.4 is 16.9 Å². The Kier molecular flexibility index (Phi) is 2.13. The Bertz CT molecular complexity index is 232. The molecule has 0 radical (unpaired) electrons. The number of piperazine rings is 1. The van der Waals surface area contributed by atoms with E-state index in [1.807, 2.05) is 0 Å². The Morgan fingerprint density at radius 2 is 1.92 bits per heavy atom. The fourth-order valence-electron chi connectivity index (χ4n) is 0.881. The van der Waals surface area contributed by atoms with Crippen LogP contribution in [0, 0.1) is 0 Å². The van der Waals surface area contributed by atoms with Crippen LogP contribution in [0.15, 0.2) is 5.10 Å². The molecular formula is C5H9N5O2.